The lowest BCUT2D eigenvalue weighted by Crippen LogP contribution is -2.45. The minimum Gasteiger partial charge on any atom is -0.491 e. The van der Waals surface area contributed by atoms with Crippen LogP contribution in [0, 0.1) is 0 Å². The Labute approximate surface area is 254 Å². The fraction of sp³-hybridized carbons (Fsp3) is 0.303. The molecule has 11 heteroatoms. The molecule has 2 fully saturated rings. The Morgan fingerprint density at radius 3 is 2.73 bits per heavy atom. The van der Waals surface area contributed by atoms with Gasteiger partial charge in [-0.15, -0.1) is 0 Å². The number of nitrogens with one attached hydrogen (secondary N) is 1. The molecule has 1 saturated heterocycles. The number of amides is 1. The van der Waals surface area contributed by atoms with Crippen molar-refractivity contribution >= 4 is 22.9 Å². The van der Waals surface area contributed by atoms with Crippen LogP contribution < -0.4 is 15.8 Å². The van der Waals surface area contributed by atoms with Crippen molar-refractivity contribution in [2.45, 2.75) is 43.7 Å². The summed E-state index contributed by atoms with van der Waals surface area (Å²) in [6.07, 6.45) is 9.22. The minimum atomic E-state index is -0.000740. The van der Waals surface area contributed by atoms with Gasteiger partial charge in [0.05, 0.1) is 23.0 Å². The van der Waals surface area contributed by atoms with Crippen LogP contribution in [0.25, 0.3) is 34.1 Å². The maximum absolute atomic E-state index is 12.0. The molecule has 1 atom stereocenters. The van der Waals surface area contributed by atoms with E-state index in [4.69, 9.17) is 25.5 Å². The van der Waals surface area contributed by atoms with Crippen molar-refractivity contribution in [3.05, 3.63) is 84.8 Å². The van der Waals surface area contributed by atoms with Gasteiger partial charge in [-0.2, -0.15) is 5.10 Å². The Hall–Kier alpha value is -5.03. The molecule has 1 aromatic carbocycles. The Balaban J connectivity index is 1.14. The van der Waals surface area contributed by atoms with Crippen LogP contribution in [0.1, 0.15) is 48.9 Å². The largest absolute Gasteiger partial charge is 0.491 e. The number of likely N-dealkylation sites (tertiary alicyclic amines) is 1. The summed E-state index contributed by atoms with van der Waals surface area (Å²) in [6, 6.07) is 16.4. The van der Waals surface area contributed by atoms with E-state index in [1.807, 2.05) is 50.7 Å². The Morgan fingerprint density at radius 1 is 1.07 bits per heavy atom. The summed E-state index contributed by atoms with van der Waals surface area (Å²) in [5.41, 5.74) is 11.6. The number of rotatable bonds is 7. The average Bonchev–Trinajstić information content (AvgIpc) is 3.47. The van der Waals surface area contributed by atoms with E-state index in [1.165, 1.54) is 18.9 Å². The number of ether oxygens (including phenoxy) is 1. The third-order valence-corrected chi connectivity index (χ3v) is 8.86. The highest BCUT2D eigenvalue weighted by Crippen LogP contribution is 2.40. The number of imidazole rings is 1. The lowest BCUT2D eigenvalue weighted by molar-refractivity contribution is -0.127. The lowest BCUT2D eigenvalue weighted by atomic mass is 10.0. The summed E-state index contributed by atoms with van der Waals surface area (Å²) in [5.74, 6) is 3.15. The quantitative estimate of drug-likeness (QED) is 0.269. The van der Waals surface area contributed by atoms with Gasteiger partial charge in [-0.3, -0.25) is 9.36 Å². The molecule has 1 aliphatic carbocycles. The molecule has 222 valence electrons. The standard InChI is InChI=1S/C33H33N9O2/c1-2-30(43)40-15-11-21(12-16-40)36-27-19-44-28-18-22(7-8-23(27)28)42-32(24-4-3-14-35-31(24)34)37-26-9-10-29(38-33(26)42)41-17-13-25(39-41)20-5-6-20/h2-4,7-10,13-14,17-18,20-21,27,36H,1,5-6,11-12,15-16,19H2,(H2,34,35)/t27-/m0/s1. The van der Waals surface area contributed by atoms with Crippen molar-refractivity contribution in [3.63, 3.8) is 0 Å². The molecule has 3 aliphatic rings. The van der Waals surface area contributed by atoms with Crippen molar-refractivity contribution in [2.75, 3.05) is 25.4 Å². The summed E-state index contributed by atoms with van der Waals surface area (Å²) >= 11 is 0. The van der Waals surface area contributed by atoms with Gasteiger partial charge >= 0.3 is 0 Å². The Bertz CT molecular complexity index is 1900. The molecule has 3 N–H and O–H groups in total. The van der Waals surface area contributed by atoms with E-state index < -0.39 is 0 Å². The number of aromatic nitrogens is 6. The molecular weight excluding hydrogens is 554 g/mol. The zero-order chi connectivity index (χ0) is 29.8. The zero-order valence-electron chi connectivity index (χ0n) is 24.3. The maximum atomic E-state index is 12.0. The Morgan fingerprint density at radius 2 is 1.93 bits per heavy atom. The van der Waals surface area contributed by atoms with E-state index in [-0.39, 0.29) is 11.9 Å². The van der Waals surface area contributed by atoms with E-state index in [2.05, 4.69) is 35.1 Å². The van der Waals surface area contributed by atoms with Gasteiger partial charge in [-0.25, -0.2) is 19.6 Å². The molecule has 11 nitrogen and oxygen atoms in total. The van der Waals surface area contributed by atoms with Gasteiger partial charge in [0.15, 0.2) is 17.3 Å². The summed E-state index contributed by atoms with van der Waals surface area (Å²) < 4.78 is 10.1. The van der Waals surface area contributed by atoms with Crippen molar-refractivity contribution < 1.29 is 9.53 Å². The zero-order valence-corrected chi connectivity index (χ0v) is 24.3. The van der Waals surface area contributed by atoms with Gasteiger partial charge in [0.1, 0.15) is 23.7 Å². The molecule has 1 amide bonds. The molecule has 6 heterocycles. The SMILES string of the molecule is C=CC(=O)N1CCC(N[C@H]2COc3cc(-n4c(-c5cccnc5N)nc5ccc(-n6ccc(C7CC7)n6)nc54)ccc32)CC1. The molecule has 1 saturated carbocycles. The summed E-state index contributed by atoms with van der Waals surface area (Å²) in [5, 5.41) is 8.56. The summed E-state index contributed by atoms with van der Waals surface area (Å²) in [4.78, 5) is 28.2. The highest BCUT2D eigenvalue weighted by Gasteiger charge is 2.30. The van der Waals surface area contributed by atoms with Crippen LogP contribution >= 0.6 is 0 Å². The number of anilines is 1. The number of carbonyl (C=O) groups excluding carboxylic acids is 1. The van der Waals surface area contributed by atoms with E-state index in [0.717, 1.165) is 65.5 Å². The molecule has 0 spiro atoms. The molecule has 44 heavy (non-hydrogen) atoms. The normalized spacial score (nSPS) is 18.4. The lowest BCUT2D eigenvalue weighted by Gasteiger charge is -2.33. The van der Waals surface area contributed by atoms with Crippen LogP contribution in [0.5, 0.6) is 5.75 Å². The number of hydrogen-bond acceptors (Lipinski definition) is 8. The second-order valence-corrected chi connectivity index (χ2v) is 11.7. The van der Waals surface area contributed by atoms with Crippen molar-refractivity contribution in [1.82, 2.24) is 39.5 Å². The molecule has 0 unspecified atom stereocenters. The van der Waals surface area contributed by atoms with Gasteiger partial charge in [-0.1, -0.05) is 12.6 Å². The summed E-state index contributed by atoms with van der Waals surface area (Å²) in [6.45, 7) is 5.61. The van der Waals surface area contributed by atoms with Gasteiger partial charge in [0.2, 0.25) is 5.91 Å². The van der Waals surface area contributed by atoms with E-state index >= 15 is 0 Å². The fourth-order valence-electron chi connectivity index (χ4n) is 6.33. The average molecular weight is 588 g/mol. The van der Waals surface area contributed by atoms with E-state index in [0.29, 0.717) is 35.9 Å². The highest BCUT2D eigenvalue weighted by molar-refractivity contribution is 5.87. The van der Waals surface area contributed by atoms with Gasteiger partial charge in [0.25, 0.3) is 0 Å². The first kappa shape index (κ1) is 26.6. The summed E-state index contributed by atoms with van der Waals surface area (Å²) in [7, 11) is 0. The second-order valence-electron chi connectivity index (χ2n) is 11.7. The van der Waals surface area contributed by atoms with Crippen molar-refractivity contribution in [1.29, 1.82) is 0 Å². The van der Waals surface area contributed by atoms with Crippen LogP contribution in [-0.4, -0.2) is 65.8 Å². The third kappa shape index (κ3) is 4.69. The molecular formula is C33H33N9O2. The predicted octanol–water partition coefficient (Wildman–Crippen LogP) is 4.33. The number of piperidine rings is 1. The number of nitrogens with two attached hydrogens (primary N) is 1. The van der Waals surface area contributed by atoms with Crippen LogP contribution in [0.3, 0.4) is 0 Å². The molecule has 0 radical (unpaired) electrons. The van der Waals surface area contributed by atoms with Crippen molar-refractivity contribution in [3.8, 4) is 28.6 Å². The number of carbonyl (C=O) groups is 1. The first-order valence-electron chi connectivity index (χ1n) is 15.2. The molecule has 5 aromatic rings. The van der Waals surface area contributed by atoms with Crippen LogP contribution in [0.15, 0.2) is 73.6 Å². The smallest absolute Gasteiger partial charge is 0.245 e. The molecule has 4 aromatic heterocycles. The minimum absolute atomic E-state index is 0.000740. The topological polar surface area (TPSA) is 129 Å². The molecule has 8 rings (SSSR count). The number of nitrogen functional groups attached to an aromatic ring is 1. The first-order valence-corrected chi connectivity index (χ1v) is 15.2. The highest BCUT2D eigenvalue weighted by atomic mass is 16.5. The van der Waals surface area contributed by atoms with Gasteiger partial charge in [-0.05, 0) is 68.2 Å². The fourth-order valence-corrected chi connectivity index (χ4v) is 6.33. The van der Waals surface area contributed by atoms with Crippen LogP contribution in [0.4, 0.5) is 5.82 Å². The third-order valence-electron chi connectivity index (χ3n) is 8.86. The second kappa shape index (κ2) is 10.6. The first-order chi connectivity index (χ1) is 21.6. The van der Waals surface area contributed by atoms with Crippen LogP contribution in [-0.2, 0) is 4.79 Å². The molecule has 2 aliphatic heterocycles. The van der Waals surface area contributed by atoms with E-state index in [9.17, 15) is 4.79 Å². The number of fused-ring (bicyclic) bond motifs is 2. The number of benzene rings is 1. The monoisotopic (exact) mass is 587 g/mol. The number of hydrogen-bond donors (Lipinski definition) is 2. The maximum Gasteiger partial charge on any atom is 0.245 e. The predicted molar refractivity (Wildman–Crippen MR) is 167 cm³/mol. The van der Waals surface area contributed by atoms with Crippen molar-refractivity contribution in [2.24, 2.45) is 0 Å². The molecule has 0 bridgehead atoms. The van der Waals surface area contributed by atoms with E-state index in [1.54, 1.807) is 6.20 Å². The number of nitrogens with zero attached hydrogens (tertiary/aromatic N) is 7. The van der Waals surface area contributed by atoms with Gasteiger partial charge in [0, 0.05) is 49.1 Å². The number of pyridine rings is 2. The Kier molecular flexibility index (Phi) is 6.41. The van der Waals surface area contributed by atoms with Gasteiger partial charge < -0.3 is 20.7 Å². The van der Waals surface area contributed by atoms with Crippen LogP contribution in [0.2, 0.25) is 0 Å².